The fourth-order valence-electron chi connectivity index (χ4n) is 2.09. The van der Waals surface area contributed by atoms with Gasteiger partial charge in [0.05, 0.1) is 14.1 Å². The minimum atomic E-state index is -6.96. The van der Waals surface area contributed by atoms with Gasteiger partial charge in [0.25, 0.3) is 0 Å². The largest absolute Gasteiger partial charge is 0.384 e. The normalized spacial score (nSPS) is 14.9. The summed E-state index contributed by atoms with van der Waals surface area (Å²) in [6.45, 7) is -2.03. The van der Waals surface area contributed by atoms with E-state index < -0.39 is 41.1 Å². The van der Waals surface area contributed by atoms with E-state index in [9.17, 15) is 43.9 Å². The minimum Gasteiger partial charge on any atom is -0.291 e. The zero-order chi connectivity index (χ0) is 19.9. The Labute approximate surface area is 136 Å². The van der Waals surface area contributed by atoms with Crippen LogP contribution in [0.3, 0.4) is 0 Å². The lowest BCUT2D eigenvalue weighted by atomic mass is 9.97. The first-order chi connectivity index (χ1) is 11.0. The quantitative estimate of drug-likeness (QED) is 0.454. The maximum Gasteiger partial charge on any atom is 0.384 e. The number of alkyl halides is 10. The second-order valence-corrected chi connectivity index (χ2v) is 5.96. The van der Waals surface area contributed by atoms with Gasteiger partial charge in [0.1, 0.15) is 5.69 Å². The van der Waals surface area contributed by atoms with Crippen LogP contribution in [0, 0.1) is 0 Å². The molecule has 0 aliphatic heterocycles. The highest BCUT2D eigenvalue weighted by Crippen LogP contribution is 2.54. The molecule has 0 amide bonds. The van der Waals surface area contributed by atoms with E-state index in [2.05, 4.69) is 0 Å². The standard InChI is InChI=1S/C14H14F10N/c1-25(2,9-6-4-3-5-7-9)8-11(17,18)13(21,22)14(23,24)12(19,20)10(15)16/h3-7,10H,8H2,1-2H3/q+1. The number of hydrogen-bond acceptors (Lipinski definition) is 0. The van der Waals surface area contributed by atoms with Crippen molar-refractivity contribution in [3.63, 3.8) is 0 Å². The van der Waals surface area contributed by atoms with Crippen LogP contribution in [0.5, 0.6) is 0 Å². The molecule has 1 nitrogen and oxygen atoms in total. The van der Waals surface area contributed by atoms with Crippen molar-refractivity contribution in [1.29, 1.82) is 0 Å². The van der Waals surface area contributed by atoms with Crippen LogP contribution in [0.4, 0.5) is 49.6 Å². The van der Waals surface area contributed by atoms with Crippen LogP contribution in [-0.2, 0) is 0 Å². The molecule has 0 spiro atoms. The van der Waals surface area contributed by atoms with E-state index in [4.69, 9.17) is 0 Å². The number of benzene rings is 1. The maximum absolute atomic E-state index is 13.8. The molecule has 1 rings (SSSR count). The van der Waals surface area contributed by atoms with E-state index in [1.54, 1.807) is 0 Å². The number of hydrogen-bond donors (Lipinski definition) is 0. The van der Waals surface area contributed by atoms with Gasteiger partial charge in [-0.15, -0.1) is 0 Å². The molecule has 1 aromatic rings. The molecular formula is C14H14F10N+. The van der Waals surface area contributed by atoms with Crippen molar-refractivity contribution >= 4 is 5.69 Å². The van der Waals surface area contributed by atoms with Crippen molar-refractivity contribution in [2.24, 2.45) is 0 Å². The van der Waals surface area contributed by atoms with Crippen LogP contribution in [0.1, 0.15) is 0 Å². The average molecular weight is 386 g/mol. The molecule has 0 aliphatic rings. The smallest absolute Gasteiger partial charge is 0.291 e. The highest BCUT2D eigenvalue weighted by Gasteiger charge is 2.83. The molecule has 0 radical (unpaired) electrons. The van der Waals surface area contributed by atoms with Gasteiger partial charge in [0.2, 0.25) is 0 Å². The molecule has 0 saturated carbocycles. The number of halogens is 10. The minimum absolute atomic E-state index is 0.0121. The zero-order valence-corrected chi connectivity index (χ0v) is 12.9. The third-order valence-corrected chi connectivity index (χ3v) is 3.60. The average Bonchev–Trinajstić information content (AvgIpc) is 2.46. The number of nitrogens with zero attached hydrogens (tertiary/aromatic N) is 1. The molecular weight excluding hydrogens is 372 g/mol. The van der Waals surface area contributed by atoms with Crippen molar-refractivity contribution in [3.8, 4) is 0 Å². The molecule has 0 N–H and O–H groups in total. The maximum atomic E-state index is 13.8. The van der Waals surface area contributed by atoms with Crippen LogP contribution in [-0.4, -0.2) is 50.8 Å². The summed E-state index contributed by atoms with van der Waals surface area (Å²) >= 11 is 0. The van der Waals surface area contributed by atoms with Gasteiger partial charge in [-0.3, -0.25) is 4.48 Å². The molecule has 144 valence electrons. The second-order valence-electron chi connectivity index (χ2n) is 5.96. The Morgan fingerprint density at radius 3 is 1.64 bits per heavy atom. The number of rotatable bonds is 7. The predicted octanol–water partition coefficient (Wildman–Crippen LogP) is 5.06. The topological polar surface area (TPSA) is 0 Å². The third kappa shape index (κ3) is 3.56. The molecule has 0 aromatic heterocycles. The number of quaternary nitrogens is 1. The fourth-order valence-corrected chi connectivity index (χ4v) is 2.09. The summed E-state index contributed by atoms with van der Waals surface area (Å²) in [5, 5.41) is 0. The first-order valence-corrected chi connectivity index (χ1v) is 6.69. The van der Waals surface area contributed by atoms with Crippen molar-refractivity contribution in [2.45, 2.75) is 30.1 Å². The Morgan fingerprint density at radius 1 is 0.800 bits per heavy atom. The van der Waals surface area contributed by atoms with E-state index >= 15 is 0 Å². The van der Waals surface area contributed by atoms with Gasteiger partial charge < -0.3 is 0 Å². The van der Waals surface area contributed by atoms with Gasteiger partial charge in [-0.2, -0.15) is 35.1 Å². The Hall–Kier alpha value is -1.52. The van der Waals surface area contributed by atoms with Gasteiger partial charge in [0, 0.05) is 0 Å². The molecule has 11 heteroatoms. The Bertz CT molecular complexity index is 583. The predicted molar refractivity (Wildman–Crippen MR) is 70.7 cm³/mol. The van der Waals surface area contributed by atoms with Crippen molar-refractivity contribution in [1.82, 2.24) is 4.48 Å². The van der Waals surface area contributed by atoms with Crippen LogP contribution < -0.4 is 4.48 Å². The van der Waals surface area contributed by atoms with Gasteiger partial charge in [-0.25, -0.2) is 8.78 Å². The fraction of sp³-hybridized carbons (Fsp3) is 0.571. The summed E-state index contributed by atoms with van der Waals surface area (Å²) in [5.41, 5.74) is -0.0121. The molecule has 1 aromatic carbocycles. The Morgan fingerprint density at radius 2 is 1.24 bits per heavy atom. The monoisotopic (exact) mass is 386 g/mol. The van der Waals surface area contributed by atoms with Crippen LogP contribution in [0.2, 0.25) is 0 Å². The van der Waals surface area contributed by atoms with Gasteiger partial charge in [-0.05, 0) is 12.1 Å². The van der Waals surface area contributed by atoms with E-state index in [1.165, 1.54) is 30.3 Å². The summed E-state index contributed by atoms with van der Waals surface area (Å²) < 4.78 is 130. The molecule has 0 fully saturated rings. The lowest BCUT2D eigenvalue weighted by Crippen LogP contribution is -2.68. The summed E-state index contributed by atoms with van der Waals surface area (Å²) in [6, 6.07) is 6.62. The molecule has 0 saturated heterocycles. The van der Waals surface area contributed by atoms with Gasteiger partial charge in [-0.1, -0.05) is 18.2 Å². The van der Waals surface area contributed by atoms with E-state index in [0.29, 0.717) is 0 Å². The molecule has 0 heterocycles. The van der Waals surface area contributed by atoms with Crippen molar-refractivity contribution in [3.05, 3.63) is 30.3 Å². The molecule has 25 heavy (non-hydrogen) atoms. The SMILES string of the molecule is C[N+](C)(CC(F)(F)C(F)(F)C(F)(F)C(F)(F)C(F)F)c1ccccc1. The van der Waals surface area contributed by atoms with Crippen LogP contribution >= 0.6 is 0 Å². The zero-order valence-electron chi connectivity index (χ0n) is 12.9. The Kier molecular flexibility index (Phi) is 5.45. The van der Waals surface area contributed by atoms with Crippen molar-refractivity contribution < 1.29 is 43.9 Å². The summed E-state index contributed by atoms with van der Waals surface area (Å²) in [6.07, 6.45) is -5.25. The molecule has 0 unspecified atom stereocenters. The highest BCUT2D eigenvalue weighted by molar-refractivity contribution is 5.41. The van der Waals surface area contributed by atoms with E-state index in [-0.39, 0.29) is 5.69 Å². The Balaban J connectivity index is 3.27. The third-order valence-electron chi connectivity index (χ3n) is 3.60. The second kappa shape index (κ2) is 6.33. The molecule has 0 aliphatic carbocycles. The van der Waals surface area contributed by atoms with E-state index in [0.717, 1.165) is 14.1 Å². The van der Waals surface area contributed by atoms with E-state index in [1.807, 2.05) is 0 Å². The van der Waals surface area contributed by atoms with Crippen LogP contribution in [0.15, 0.2) is 30.3 Å². The lowest BCUT2D eigenvalue weighted by molar-refractivity contribution is -0.383. The molecule has 0 bridgehead atoms. The first-order valence-electron chi connectivity index (χ1n) is 6.69. The van der Waals surface area contributed by atoms with Gasteiger partial charge in [0.15, 0.2) is 6.54 Å². The summed E-state index contributed by atoms with van der Waals surface area (Å²) in [5.74, 6) is -26.0. The molecule has 0 atom stereocenters. The lowest BCUT2D eigenvalue weighted by Gasteiger charge is -2.39. The van der Waals surface area contributed by atoms with Crippen LogP contribution in [0.25, 0.3) is 0 Å². The summed E-state index contributed by atoms with van der Waals surface area (Å²) in [4.78, 5) is 0. The highest BCUT2D eigenvalue weighted by atomic mass is 19.4. The number of para-hydroxylation sites is 1. The van der Waals surface area contributed by atoms with Crippen molar-refractivity contribution in [2.75, 3.05) is 20.6 Å². The van der Waals surface area contributed by atoms with Gasteiger partial charge >= 0.3 is 30.1 Å². The first kappa shape index (κ1) is 21.5. The summed E-state index contributed by atoms with van der Waals surface area (Å²) in [7, 11) is 1.89.